The van der Waals surface area contributed by atoms with Crippen LogP contribution in [0.15, 0.2) is 48.5 Å². The number of aryl methyl sites for hydroxylation is 1. The molecule has 0 spiro atoms. The Morgan fingerprint density at radius 1 is 1.00 bits per heavy atom. The summed E-state index contributed by atoms with van der Waals surface area (Å²) >= 11 is 0. The van der Waals surface area contributed by atoms with Gasteiger partial charge in [-0.1, -0.05) is 24.3 Å². The quantitative estimate of drug-likeness (QED) is 0.578. The molecule has 0 unspecified atom stereocenters. The van der Waals surface area contributed by atoms with Gasteiger partial charge in [-0.3, -0.25) is 4.79 Å². The average molecular weight is 312 g/mol. The Morgan fingerprint density at radius 3 is 2.48 bits per heavy atom. The molecule has 0 amide bonds. The smallest absolute Gasteiger partial charge is 0.338 e. The molecule has 0 fully saturated rings. The molecule has 0 atom stereocenters. The van der Waals surface area contributed by atoms with E-state index in [0.29, 0.717) is 30.6 Å². The van der Waals surface area contributed by atoms with Crippen LogP contribution in [0.25, 0.3) is 0 Å². The molecule has 0 aliphatic carbocycles. The highest BCUT2D eigenvalue weighted by Gasteiger charge is 2.11. The van der Waals surface area contributed by atoms with Crippen molar-refractivity contribution in [3.8, 4) is 5.75 Å². The first-order valence-corrected chi connectivity index (χ1v) is 7.57. The summed E-state index contributed by atoms with van der Waals surface area (Å²) in [5, 5.41) is 0. The first kappa shape index (κ1) is 16.7. The van der Waals surface area contributed by atoms with Crippen molar-refractivity contribution in [2.75, 3.05) is 13.7 Å². The number of hydrogen-bond acceptors (Lipinski definition) is 4. The second kappa shape index (κ2) is 8.13. The minimum Gasteiger partial charge on any atom is -0.497 e. The van der Waals surface area contributed by atoms with Gasteiger partial charge in [0.2, 0.25) is 0 Å². The van der Waals surface area contributed by atoms with E-state index >= 15 is 0 Å². The Hall–Kier alpha value is -2.62. The summed E-state index contributed by atoms with van der Waals surface area (Å²) in [7, 11) is 1.62. The van der Waals surface area contributed by atoms with E-state index in [1.807, 2.05) is 24.3 Å². The Balaban J connectivity index is 2.03. The first-order chi connectivity index (χ1) is 11.1. The maximum atomic E-state index is 12.3. The molecule has 2 aromatic carbocycles. The molecule has 120 valence electrons. The highest BCUT2D eigenvalue weighted by Crippen LogP contribution is 2.16. The molecule has 4 nitrogen and oxygen atoms in total. The molecule has 2 aromatic rings. The van der Waals surface area contributed by atoms with E-state index in [9.17, 15) is 9.59 Å². The number of ether oxygens (including phenoxy) is 2. The van der Waals surface area contributed by atoms with Crippen LogP contribution in [-0.4, -0.2) is 25.5 Å². The molecule has 23 heavy (non-hydrogen) atoms. The predicted molar refractivity (Wildman–Crippen MR) is 88.0 cm³/mol. The van der Waals surface area contributed by atoms with Gasteiger partial charge in [0, 0.05) is 12.0 Å². The average Bonchev–Trinajstić information content (AvgIpc) is 2.60. The second-order valence-corrected chi connectivity index (χ2v) is 5.08. The van der Waals surface area contributed by atoms with E-state index in [1.165, 1.54) is 0 Å². The van der Waals surface area contributed by atoms with Crippen molar-refractivity contribution in [1.29, 1.82) is 0 Å². The van der Waals surface area contributed by atoms with E-state index in [1.54, 1.807) is 38.3 Å². The van der Waals surface area contributed by atoms with Crippen molar-refractivity contribution >= 4 is 11.8 Å². The van der Waals surface area contributed by atoms with Crippen molar-refractivity contribution in [2.45, 2.75) is 19.8 Å². The summed E-state index contributed by atoms with van der Waals surface area (Å²) in [4.78, 5) is 24.0. The standard InChI is InChI=1S/C19H20O4/c1-3-23-19(21)16-8-5-7-15(13-16)18(20)11-10-14-6-4-9-17(12-14)22-2/h4-9,12-13H,3,10-11H2,1-2H3. The van der Waals surface area contributed by atoms with Crippen molar-refractivity contribution in [2.24, 2.45) is 0 Å². The number of methoxy groups -OCH3 is 1. The lowest BCUT2D eigenvalue weighted by atomic mass is 10.0. The highest BCUT2D eigenvalue weighted by molar-refractivity contribution is 5.99. The Morgan fingerprint density at radius 2 is 1.74 bits per heavy atom. The minimum atomic E-state index is -0.407. The molecule has 0 aliphatic heterocycles. The van der Waals surface area contributed by atoms with Crippen LogP contribution in [0.2, 0.25) is 0 Å². The number of carbonyl (C=O) groups is 2. The summed E-state index contributed by atoms with van der Waals surface area (Å²) in [5.74, 6) is 0.369. The van der Waals surface area contributed by atoms with Crippen LogP contribution in [0.5, 0.6) is 5.75 Å². The Bertz CT molecular complexity index is 691. The SMILES string of the molecule is CCOC(=O)c1cccc(C(=O)CCc2cccc(OC)c2)c1. The van der Waals surface area contributed by atoms with Crippen LogP contribution in [0.1, 0.15) is 39.6 Å². The second-order valence-electron chi connectivity index (χ2n) is 5.08. The molecule has 0 N–H and O–H groups in total. The first-order valence-electron chi connectivity index (χ1n) is 7.57. The van der Waals surface area contributed by atoms with Gasteiger partial charge in [0.05, 0.1) is 19.3 Å². The number of benzene rings is 2. The van der Waals surface area contributed by atoms with Gasteiger partial charge in [-0.2, -0.15) is 0 Å². The van der Waals surface area contributed by atoms with Crippen LogP contribution >= 0.6 is 0 Å². The normalized spacial score (nSPS) is 10.2. The minimum absolute atomic E-state index is 0.000955. The third-order valence-corrected chi connectivity index (χ3v) is 3.47. The van der Waals surface area contributed by atoms with Crippen LogP contribution in [0, 0.1) is 0 Å². The largest absolute Gasteiger partial charge is 0.497 e. The van der Waals surface area contributed by atoms with Crippen LogP contribution < -0.4 is 4.74 Å². The summed E-state index contributed by atoms with van der Waals surface area (Å²) in [6.45, 7) is 2.06. The summed E-state index contributed by atoms with van der Waals surface area (Å²) in [6.07, 6.45) is 0.999. The molecule has 2 rings (SSSR count). The van der Waals surface area contributed by atoms with Gasteiger partial charge < -0.3 is 9.47 Å². The lowest BCUT2D eigenvalue weighted by Crippen LogP contribution is -2.07. The molecule has 0 bridgehead atoms. The van der Waals surface area contributed by atoms with Gasteiger partial charge in [0.25, 0.3) is 0 Å². The number of rotatable bonds is 7. The molecule has 0 radical (unpaired) electrons. The summed E-state index contributed by atoms with van der Waals surface area (Å²) < 4.78 is 10.1. The molecule has 0 saturated carbocycles. The third-order valence-electron chi connectivity index (χ3n) is 3.47. The van der Waals surface area contributed by atoms with Crippen molar-refractivity contribution in [3.05, 3.63) is 65.2 Å². The third kappa shape index (κ3) is 4.68. The molecule has 0 aliphatic rings. The van der Waals surface area contributed by atoms with E-state index in [4.69, 9.17) is 9.47 Å². The lowest BCUT2D eigenvalue weighted by molar-refractivity contribution is 0.0526. The zero-order chi connectivity index (χ0) is 16.7. The summed E-state index contributed by atoms with van der Waals surface area (Å²) in [6, 6.07) is 14.3. The Labute approximate surface area is 136 Å². The van der Waals surface area contributed by atoms with Crippen LogP contribution in [0.3, 0.4) is 0 Å². The van der Waals surface area contributed by atoms with E-state index in [-0.39, 0.29) is 5.78 Å². The van der Waals surface area contributed by atoms with Gasteiger partial charge >= 0.3 is 5.97 Å². The van der Waals surface area contributed by atoms with E-state index < -0.39 is 5.97 Å². The van der Waals surface area contributed by atoms with Gasteiger partial charge in [-0.25, -0.2) is 4.79 Å². The molecule has 0 aromatic heterocycles. The van der Waals surface area contributed by atoms with Crippen molar-refractivity contribution < 1.29 is 19.1 Å². The van der Waals surface area contributed by atoms with E-state index in [0.717, 1.165) is 11.3 Å². The monoisotopic (exact) mass is 312 g/mol. The fourth-order valence-corrected chi connectivity index (χ4v) is 2.26. The molecular weight excluding hydrogens is 292 g/mol. The van der Waals surface area contributed by atoms with Gasteiger partial charge in [0.1, 0.15) is 5.75 Å². The molecular formula is C19H20O4. The lowest BCUT2D eigenvalue weighted by Gasteiger charge is -2.06. The number of ketones is 1. The zero-order valence-corrected chi connectivity index (χ0v) is 13.4. The predicted octanol–water partition coefficient (Wildman–Crippen LogP) is 3.69. The van der Waals surface area contributed by atoms with Gasteiger partial charge in [-0.15, -0.1) is 0 Å². The number of esters is 1. The van der Waals surface area contributed by atoms with Gasteiger partial charge in [-0.05, 0) is 43.2 Å². The Kier molecular flexibility index (Phi) is 5.92. The summed E-state index contributed by atoms with van der Waals surface area (Å²) in [5.41, 5.74) is 1.97. The molecule has 0 heterocycles. The maximum absolute atomic E-state index is 12.3. The topological polar surface area (TPSA) is 52.6 Å². The van der Waals surface area contributed by atoms with E-state index in [2.05, 4.69) is 0 Å². The van der Waals surface area contributed by atoms with Crippen LogP contribution in [0.4, 0.5) is 0 Å². The maximum Gasteiger partial charge on any atom is 0.338 e. The van der Waals surface area contributed by atoms with Crippen molar-refractivity contribution in [3.63, 3.8) is 0 Å². The number of carbonyl (C=O) groups excluding carboxylic acids is 2. The van der Waals surface area contributed by atoms with Crippen LogP contribution in [-0.2, 0) is 11.2 Å². The molecule has 0 saturated heterocycles. The van der Waals surface area contributed by atoms with Crippen molar-refractivity contribution in [1.82, 2.24) is 0 Å². The number of hydrogen-bond donors (Lipinski definition) is 0. The van der Waals surface area contributed by atoms with Gasteiger partial charge in [0.15, 0.2) is 5.78 Å². The zero-order valence-electron chi connectivity index (χ0n) is 13.4. The molecule has 4 heteroatoms. The highest BCUT2D eigenvalue weighted by atomic mass is 16.5. The fraction of sp³-hybridized carbons (Fsp3) is 0.263. The number of Topliss-reactive ketones (excluding diaryl/α,β-unsaturated/α-hetero) is 1. The fourth-order valence-electron chi connectivity index (χ4n) is 2.26.